The maximum atomic E-state index is 12.2. The Kier molecular flexibility index (Phi) is 3.44. The van der Waals surface area contributed by atoms with E-state index < -0.39 is 5.60 Å². The summed E-state index contributed by atoms with van der Waals surface area (Å²) in [6.07, 6.45) is -0.310. The van der Waals surface area contributed by atoms with Crippen LogP contribution < -0.4 is 5.73 Å². The maximum Gasteiger partial charge on any atom is 0.410 e. The Bertz CT molecular complexity index is 748. The first-order valence-electron chi connectivity index (χ1n) is 7.17. The van der Waals surface area contributed by atoms with Gasteiger partial charge in [0.1, 0.15) is 11.1 Å². The molecule has 3 rings (SSSR count). The van der Waals surface area contributed by atoms with Crippen molar-refractivity contribution in [3.05, 3.63) is 22.8 Å². The van der Waals surface area contributed by atoms with Crippen LogP contribution in [-0.2, 0) is 17.8 Å². The van der Waals surface area contributed by atoms with Crippen molar-refractivity contribution in [1.82, 2.24) is 14.7 Å². The number of nitrogens with two attached hydrogens (primary N) is 1. The van der Waals surface area contributed by atoms with Gasteiger partial charge in [-0.25, -0.2) is 4.79 Å². The summed E-state index contributed by atoms with van der Waals surface area (Å²) in [4.78, 5) is 13.9. The third-order valence-electron chi connectivity index (χ3n) is 3.58. The zero-order chi connectivity index (χ0) is 16.1. The minimum Gasteiger partial charge on any atom is -0.444 e. The third kappa shape index (κ3) is 2.59. The fourth-order valence-electron chi connectivity index (χ4n) is 2.55. The number of ether oxygens (including phenoxy) is 1. The van der Waals surface area contributed by atoms with Crippen LogP contribution in [0.4, 0.5) is 10.5 Å². The fraction of sp³-hybridized carbons (Fsp3) is 0.467. The summed E-state index contributed by atoms with van der Waals surface area (Å²) in [6, 6.07) is 3.65. The Labute approximate surface area is 133 Å². The largest absolute Gasteiger partial charge is 0.444 e. The molecule has 0 spiro atoms. The molecule has 0 fully saturated rings. The predicted octanol–water partition coefficient (Wildman–Crippen LogP) is 3.02. The van der Waals surface area contributed by atoms with E-state index in [4.69, 9.17) is 22.1 Å². The number of hydrogen-bond acceptors (Lipinski definition) is 4. The van der Waals surface area contributed by atoms with E-state index in [2.05, 4.69) is 5.10 Å². The van der Waals surface area contributed by atoms with Crippen LogP contribution in [0.2, 0.25) is 5.02 Å². The molecule has 1 aromatic carbocycles. The lowest BCUT2D eigenvalue weighted by Gasteiger charge is -2.30. The highest BCUT2D eigenvalue weighted by molar-refractivity contribution is 6.34. The Balaban J connectivity index is 1.93. The minimum atomic E-state index is -0.505. The molecular weight excluding hydrogens is 304 g/mol. The molecular formula is C15H19ClN4O2. The van der Waals surface area contributed by atoms with Gasteiger partial charge in [0, 0.05) is 11.9 Å². The van der Waals surface area contributed by atoms with E-state index in [0.717, 1.165) is 11.1 Å². The number of benzene rings is 1. The van der Waals surface area contributed by atoms with E-state index in [1.54, 1.807) is 11.0 Å². The quantitative estimate of drug-likeness (QED) is 0.757. The average Bonchev–Trinajstić information content (AvgIpc) is 2.79. The second-order valence-electron chi connectivity index (χ2n) is 6.43. The average molecular weight is 323 g/mol. The van der Waals surface area contributed by atoms with E-state index in [0.29, 0.717) is 35.9 Å². The van der Waals surface area contributed by atoms with Crippen molar-refractivity contribution < 1.29 is 9.53 Å². The first-order valence-corrected chi connectivity index (χ1v) is 7.55. The molecule has 0 radical (unpaired) electrons. The summed E-state index contributed by atoms with van der Waals surface area (Å²) >= 11 is 6.04. The molecule has 0 saturated heterocycles. The maximum absolute atomic E-state index is 12.2. The summed E-state index contributed by atoms with van der Waals surface area (Å²) < 4.78 is 7.32. The molecule has 2 heterocycles. The van der Waals surface area contributed by atoms with Gasteiger partial charge < -0.3 is 15.4 Å². The molecule has 1 aliphatic heterocycles. The number of carbonyl (C=O) groups excluding carboxylic acids is 1. The predicted molar refractivity (Wildman–Crippen MR) is 85.8 cm³/mol. The lowest BCUT2D eigenvalue weighted by molar-refractivity contribution is 0.0196. The van der Waals surface area contributed by atoms with Crippen LogP contribution in [0.25, 0.3) is 10.9 Å². The molecule has 1 amide bonds. The Morgan fingerprint density at radius 3 is 2.77 bits per heavy atom. The van der Waals surface area contributed by atoms with Crippen LogP contribution in [0.1, 0.15) is 26.5 Å². The number of fused-ring (bicyclic) bond motifs is 3. The number of nitrogens with zero attached hydrogens (tertiary/aromatic N) is 3. The van der Waals surface area contributed by atoms with Gasteiger partial charge >= 0.3 is 6.09 Å². The van der Waals surface area contributed by atoms with Crippen LogP contribution in [-0.4, -0.2) is 32.9 Å². The Morgan fingerprint density at radius 2 is 2.09 bits per heavy atom. The zero-order valence-electron chi connectivity index (χ0n) is 12.9. The molecule has 0 aliphatic carbocycles. The van der Waals surface area contributed by atoms with Crippen molar-refractivity contribution >= 4 is 34.3 Å². The molecule has 22 heavy (non-hydrogen) atoms. The van der Waals surface area contributed by atoms with Gasteiger partial charge in [-0.15, -0.1) is 0 Å². The Hall–Kier alpha value is -1.95. The van der Waals surface area contributed by atoms with Crippen LogP contribution >= 0.6 is 11.6 Å². The SMILES string of the molecule is CC(C)(C)OC(=O)N1CCn2nc3c(N)c(Cl)ccc3c2C1. The molecule has 2 N–H and O–H groups in total. The third-order valence-corrected chi connectivity index (χ3v) is 3.91. The zero-order valence-corrected chi connectivity index (χ0v) is 13.6. The summed E-state index contributed by atoms with van der Waals surface area (Å²) in [5, 5.41) is 5.93. The standard InChI is InChI=1S/C15H19ClN4O2/c1-15(2,3)22-14(21)19-6-7-20-11(8-19)9-4-5-10(16)12(17)13(9)18-20/h4-5H,6-8,17H2,1-3H3. The van der Waals surface area contributed by atoms with E-state index in [-0.39, 0.29) is 6.09 Å². The summed E-state index contributed by atoms with van der Waals surface area (Å²) in [7, 11) is 0. The van der Waals surface area contributed by atoms with E-state index in [1.165, 1.54) is 0 Å². The van der Waals surface area contributed by atoms with Crippen LogP contribution in [0.3, 0.4) is 0 Å². The smallest absolute Gasteiger partial charge is 0.410 e. The molecule has 0 bridgehead atoms. The molecule has 2 aromatic rings. The molecule has 6 nitrogen and oxygen atoms in total. The molecule has 1 aliphatic rings. The van der Waals surface area contributed by atoms with Gasteiger partial charge in [-0.1, -0.05) is 11.6 Å². The van der Waals surface area contributed by atoms with Gasteiger partial charge in [0.2, 0.25) is 0 Å². The van der Waals surface area contributed by atoms with Crippen LogP contribution in [0.15, 0.2) is 12.1 Å². The number of anilines is 1. The molecule has 118 valence electrons. The monoisotopic (exact) mass is 322 g/mol. The topological polar surface area (TPSA) is 73.4 Å². The molecule has 0 atom stereocenters. The number of carbonyl (C=O) groups is 1. The van der Waals surface area contributed by atoms with Crippen molar-refractivity contribution in [3.8, 4) is 0 Å². The van der Waals surface area contributed by atoms with Crippen molar-refractivity contribution in [2.45, 2.75) is 39.5 Å². The number of halogens is 1. The second-order valence-corrected chi connectivity index (χ2v) is 6.84. The van der Waals surface area contributed by atoms with Gasteiger partial charge in [0.15, 0.2) is 0 Å². The lowest BCUT2D eigenvalue weighted by atomic mass is 10.1. The summed E-state index contributed by atoms with van der Waals surface area (Å²) in [5.74, 6) is 0. The molecule has 0 unspecified atom stereocenters. The second kappa shape index (κ2) is 5.05. The van der Waals surface area contributed by atoms with Gasteiger partial charge in [0.05, 0.1) is 29.5 Å². The molecule has 0 saturated carbocycles. The number of aromatic nitrogens is 2. The normalized spacial score (nSPS) is 15.0. The van der Waals surface area contributed by atoms with Gasteiger partial charge in [0.25, 0.3) is 0 Å². The van der Waals surface area contributed by atoms with E-state index >= 15 is 0 Å². The highest BCUT2D eigenvalue weighted by Gasteiger charge is 2.28. The minimum absolute atomic E-state index is 0.310. The van der Waals surface area contributed by atoms with Crippen molar-refractivity contribution in [2.75, 3.05) is 12.3 Å². The number of nitrogen functional groups attached to an aromatic ring is 1. The molecule has 1 aromatic heterocycles. The van der Waals surface area contributed by atoms with Crippen molar-refractivity contribution in [1.29, 1.82) is 0 Å². The first kappa shape index (κ1) is 15.0. The lowest BCUT2D eigenvalue weighted by Crippen LogP contribution is -2.41. The van der Waals surface area contributed by atoms with Crippen molar-refractivity contribution in [2.24, 2.45) is 0 Å². The van der Waals surface area contributed by atoms with Gasteiger partial charge in [-0.3, -0.25) is 4.68 Å². The van der Waals surface area contributed by atoms with Crippen LogP contribution in [0.5, 0.6) is 0 Å². The van der Waals surface area contributed by atoms with E-state index in [9.17, 15) is 4.79 Å². The highest BCUT2D eigenvalue weighted by atomic mass is 35.5. The summed E-state index contributed by atoms with van der Waals surface area (Å²) in [5.41, 5.74) is 7.61. The van der Waals surface area contributed by atoms with E-state index in [1.807, 2.05) is 31.5 Å². The fourth-order valence-corrected chi connectivity index (χ4v) is 2.71. The highest BCUT2D eigenvalue weighted by Crippen LogP contribution is 2.31. The van der Waals surface area contributed by atoms with Crippen molar-refractivity contribution in [3.63, 3.8) is 0 Å². The Morgan fingerprint density at radius 1 is 1.36 bits per heavy atom. The number of rotatable bonds is 0. The first-order chi connectivity index (χ1) is 10.3. The number of hydrogen-bond donors (Lipinski definition) is 1. The van der Waals surface area contributed by atoms with Gasteiger partial charge in [-0.2, -0.15) is 5.10 Å². The van der Waals surface area contributed by atoms with Gasteiger partial charge in [-0.05, 0) is 32.9 Å². The molecule has 7 heteroatoms. The van der Waals surface area contributed by atoms with Crippen LogP contribution in [0, 0.1) is 0 Å². The number of amides is 1. The summed E-state index contributed by atoms with van der Waals surface area (Å²) in [6.45, 7) is 7.20.